The van der Waals surface area contributed by atoms with E-state index < -0.39 is 0 Å². The van der Waals surface area contributed by atoms with E-state index in [1.165, 1.54) is 24.7 Å². The maximum atomic E-state index is 11.0. The van der Waals surface area contributed by atoms with E-state index in [0.29, 0.717) is 18.1 Å². The number of esters is 1. The number of thiocarbonyl (C=S) groups is 1. The second-order valence-electron chi connectivity index (χ2n) is 5.22. The highest BCUT2D eigenvalue weighted by Crippen LogP contribution is 2.29. The molecule has 114 valence electrons. The summed E-state index contributed by atoms with van der Waals surface area (Å²) in [4.78, 5) is 11.0. The fraction of sp³-hybridized carbons (Fsp3) is 0.500. The van der Waals surface area contributed by atoms with Gasteiger partial charge in [-0.15, -0.1) is 0 Å². The summed E-state index contributed by atoms with van der Waals surface area (Å²) in [6, 6.07) is 8.81. The minimum Gasteiger partial charge on any atom is -0.469 e. The van der Waals surface area contributed by atoms with E-state index in [2.05, 4.69) is 39.6 Å². The summed E-state index contributed by atoms with van der Waals surface area (Å²) in [7, 11) is 1.41. The molecule has 0 saturated carbocycles. The summed E-state index contributed by atoms with van der Waals surface area (Å²) in [5.74, 6) is -0.183. The third kappa shape index (κ3) is 4.70. The molecule has 1 aliphatic carbocycles. The number of methoxy groups -OCH3 is 1. The molecule has 0 bridgehead atoms. The van der Waals surface area contributed by atoms with Crippen LogP contribution in [0.15, 0.2) is 24.3 Å². The van der Waals surface area contributed by atoms with Crippen LogP contribution in [-0.2, 0) is 16.0 Å². The normalized spacial score (nSPS) is 16.7. The molecule has 21 heavy (non-hydrogen) atoms. The number of carbonyl (C=O) groups is 1. The molecule has 1 aromatic rings. The second kappa shape index (κ2) is 7.98. The van der Waals surface area contributed by atoms with Gasteiger partial charge >= 0.3 is 5.97 Å². The first-order valence-electron chi connectivity index (χ1n) is 7.39. The fourth-order valence-corrected chi connectivity index (χ4v) is 2.89. The van der Waals surface area contributed by atoms with Gasteiger partial charge in [0.25, 0.3) is 0 Å². The number of hydrogen-bond donors (Lipinski definition) is 2. The molecule has 0 aliphatic heterocycles. The SMILES string of the molecule is COC(=O)CCCNC(=S)N[C@@H]1CCCc2ccccc21. The highest BCUT2D eigenvalue weighted by Gasteiger charge is 2.19. The summed E-state index contributed by atoms with van der Waals surface area (Å²) in [6.07, 6.45) is 4.56. The van der Waals surface area contributed by atoms with Crippen LogP contribution in [0.3, 0.4) is 0 Å². The lowest BCUT2D eigenvalue weighted by molar-refractivity contribution is -0.140. The molecule has 0 heterocycles. The molecule has 0 aromatic heterocycles. The number of nitrogens with one attached hydrogen (secondary N) is 2. The third-order valence-corrected chi connectivity index (χ3v) is 4.01. The van der Waals surface area contributed by atoms with E-state index in [9.17, 15) is 4.79 Å². The zero-order valence-electron chi connectivity index (χ0n) is 12.4. The summed E-state index contributed by atoms with van der Waals surface area (Å²) < 4.78 is 4.60. The van der Waals surface area contributed by atoms with Gasteiger partial charge < -0.3 is 15.4 Å². The van der Waals surface area contributed by atoms with Gasteiger partial charge in [0.2, 0.25) is 0 Å². The highest BCUT2D eigenvalue weighted by atomic mass is 32.1. The molecule has 0 spiro atoms. The first-order chi connectivity index (χ1) is 10.2. The van der Waals surface area contributed by atoms with Gasteiger partial charge in [0, 0.05) is 13.0 Å². The monoisotopic (exact) mass is 306 g/mol. The van der Waals surface area contributed by atoms with Gasteiger partial charge in [0.1, 0.15) is 0 Å². The minimum absolute atomic E-state index is 0.183. The molecular weight excluding hydrogens is 284 g/mol. The zero-order chi connectivity index (χ0) is 15.1. The van der Waals surface area contributed by atoms with E-state index in [-0.39, 0.29) is 12.0 Å². The first kappa shape index (κ1) is 15.8. The minimum atomic E-state index is -0.183. The Morgan fingerprint density at radius 2 is 2.24 bits per heavy atom. The Kier molecular flexibility index (Phi) is 5.99. The van der Waals surface area contributed by atoms with Crippen molar-refractivity contribution in [3.8, 4) is 0 Å². The summed E-state index contributed by atoms with van der Waals surface area (Å²) >= 11 is 5.33. The lowest BCUT2D eigenvalue weighted by Gasteiger charge is -2.27. The molecule has 1 atom stereocenters. The van der Waals surface area contributed by atoms with Crippen molar-refractivity contribution in [1.29, 1.82) is 0 Å². The largest absolute Gasteiger partial charge is 0.469 e. The number of carbonyl (C=O) groups excluding carboxylic acids is 1. The Morgan fingerprint density at radius 3 is 3.05 bits per heavy atom. The Hall–Kier alpha value is -1.62. The topological polar surface area (TPSA) is 50.4 Å². The maximum Gasteiger partial charge on any atom is 0.305 e. The van der Waals surface area contributed by atoms with Crippen LogP contribution in [0.25, 0.3) is 0 Å². The predicted octanol–water partition coefficient (Wildman–Crippen LogP) is 2.48. The number of ether oxygens (including phenoxy) is 1. The molecule has 0 amide bonds. The number of hydrogen-bond acceptors (Lipinski definition) is 3. The standard InChI is InChI=1S/C16H22N2O2S/c1-20-15(19)10-5-11-17-16(21)18-14-9-4-7-12-6-2-3-8-13(12)14/h2-3,6,8,14H,4-5,7,9-11H2,1H3,(H2,17,18,21)/t14-/m1/s1. The van der Waals surface area contributed by atoms with Crippen LogP contribution in [0.5, 0.6) is 0 Å². The number of aryl methyl sites for hydroxylation is 1. The van der Waals surface area contributed by atoms with Crippen LogP contribution >= 0.6 is 12.2 Å². The van der Waals surface area contributed by atoms with Gasteiger partial charge in [-0.05, 0) is 49.0 Å². The first-order valence-corrected chi connectivity index (χ1v) is 7.80. The summed E-state index contributed by atoms with van der Waals surface area (Å²) in [6.45, 7) is 0.676. The molecule has 0 fully saturated rings. The Morgan fingerprint density at radius 1 is 1.43 bits per heavy atom. The van der Waals surface area contributed by atoms with Crippen molar-refractivity contribution in [2.75, 3.05) is 13.7 Å². The summed E-state index contributed by atoms with van der Waals surface area (Å²) in [5.41, 5.74) is 2.76. The van der Waals surface area contributed by atoms with E-state index in [4.69, 9.17) is 12.2 Å². The quantitative estimate of drug-likeness (QED) is 0.497. The molecule has 0 radical (unpaired) electrons. The molecule has 2 rings (SSSR count). The van der Waals surface area contributed by atoms with Crippen molar-refractivity contribution in [2.45, 2.75) is 38.1 Å². The van der Waals surface area contributed by atoms with Crippen molar-refractivity contribution in [2.24, 2.45) is 0 Å². The zero-order valence-corrected chi connectivity index (χ0v) is 13.2. The molecule has 4 nitrogen and oxygen atoms in total. The molecule has 1 aliphatic rings. The smallest absolute Gasteiger partial charge is 0.305 e. The van der Waals surface area contributed by atoms with Crippen molar-refractivity contribution >= 4 is 23.3 Å². The van der Waals surface area contributed by atoms with Gasteiger partial charge in [-0.25, -0.2) is 0 Å². The van der Waals surface area contributed by atoms with Crippen molar-refractivity contribution in [1.82, 2.24) is 10.6 Å². The number of fused-ring (bicyclic) bond motifs is 1. The molecule has 5 heteroatoms. The van der Waals surface area contributed by atoms with Crippen LogP contribution in [0.2, 0.25) is 0 Å². The number of benzene rings is 1. The Labute approximate surface area is 131 Å². The van der Waals surface area contributed by atoms with Gasteiger partial charge in [-0.3, -0.25) is 4.79 Å². The second-order valence-corrected chi connectivity index (χ2v) is 5.63. The van der Waals surface area contributed by atoms with Crippen LogP contribution in [-0.4, -0.2) is 24.7 Å². The average Bonchev–Trinajstić information content (AvgIpc) is 2.51. The lowest BCUT2D eigenvalue weighted by Crippen LogP contribution is -2.39. The van der Waals surface area contributed by atoms with Crippen molar-refractivity contribution < 1.29 is 9.53 Å². The van der Waals surface area contributed by atoms with Gasteiger partial charge in [0.15, 0.2) is 5.11 Å². The molecule has 0 unspecified atom stereocenters. The van der Waals surface area contributed by atoms with Crippen molar-refractivity contribution in [3.63, 3.8) is 0 Å². The average molecular weight is 306 g/mol. The Bertz CT molecular complexity index is 505. The van der Waals surface area contributed by atoms with Crippen LogP contribution in [0.4, 0.5) is 0 Å². The van der Waals surface area contributed by atoms with Crippen LogP contribution in [0, 0.1) is 0 Å². The molecular formula is C16H22N2O2S. The van der Waals surface area contributed by atoms with E-state index in [1.807, 2.05) is 0 Å². The molecule has 2 N–H and O–H groups in total. The van der Waals surface area contributed by atoms with Gasteiger partial charge in [0.05, 0.1) is 13.2 Å². The third-order valence-electron chi connectivity index (χ3n) is 3.75. The van der Waals surface area contributed by atoms with Gasteiger partial charge in [-0.1, -0.05) is 24.3 Å². The number of rotatable bonds is 5. The van der Waals surface area contributed by atoms with Crippen molar-refractivity contribution in [3.05, 3.63) is 35.4 Å². The van der Waals surface area contributed by atoms with E-state index >= 15 is 0 Å². The van der Waals surface area contributed by atoms with E-state index in [0.717, 1.165) is 19.3 Å². The fourth-order valence-electron chi connectivity index (χ4n) is 2.65. The highest BCUT2D eigenvalue weighted by molar-refractivity contribution is 7.80. The molecule has 0 saturated heterocycles. The van der Waals surface area contributed by atoms with Crippen LogP contribution in [0.1, 0.15) is 42.9 Å². The maximum absolute atomic E-state index is 11.0. The van der Waals surface area contributed by atoms with Crippen LogP contribution < -0.4 is 10.6 Å². The van der Waals surface area contributed by atoms with E-state index in [1.54, 1.807) is 0 Å². The summed E-state index contributed by atoms with van der Waals surface area (Å²) in [5, 5.41) is 7.19. The lowest BCUT2D eigenvalue weighted by atomic mass is 9.88. The Balaban J connectivity index is 1.77. The molecule has 1 aromatic carbocycles. The predicted molar refractivity (Wildman–Crippen MR) is 87.1 cm³/mol. The van der Waals surface area contributed by atoms with Gasteiger partial charge in [-0.2, -0.15) is 0 Å².